The first-order valence-electron chi connectivity index (χ1n) is 7.49. The fourth-order valence-electron chi connectivity index (χ4n) is 3.20. The molecule has 6 heteroatoms. The summed E-state index contributed by atoms with van der Waals surface area (Å²) in [6.45, 7) is 3.42. The minimum atomic E-state index is -0.812. The Kier molecular flexibility index (Phi) is 3.66. The monoisotopic (exact) mass is 302 g/mol. The van der Waals surface area contributed by atoms with Crippen molar-refractivity contribution in [2.24, 2.45) is 0 Å². The summed E-state index contributed by atoms with van der Waals surface area (Å²) in [5.74, 6) is 0.796. The third-order valence-electron chi connectivity index (χ3n) is 4.08. The maximum Gasteiger partial charge on any atom is 0.254 e. The van der Waals surface area contributed by atoms with E-state index in [2.05, 4.69) is 9.97 Å². The number of aromatic amines is 1. The average Bonchev–Trinajstić information content (AvgIpc) is 2.98. The minimum Gasteiger partial charge on any atom is -0.387 e. The quantitative estimate of drug-likeness (QED) is 0.887. The third kappa shape index (κ3) is 2.84. The molecule has 1 amide bonds. The smallest absolute Gasteiger partial charge is 0.254 e. The van der Waals surface area contributed by atoms with Gasteiger partial charge in [-0.3, -0.25) is 4.79 Å². The highest BCUT2D eigenvalue weighted by Crippen LogP contribution is 2.24. The molecule has 3 rings (SSSR count). The Morgan fingerprint density at radius 3 is 3.00 bits per heavy atom. The molecule has 0 spiro atoms. The van der Waals surface area contributed by atoms with Crippen molar-refractivity contribution in [2.45, 2.75) is 18.9 Å². The van der Waals surface area contributed by atoms with Crippen LogP contribution in [0.15, 0.2) is 18.2 Å². The van der Waals surface area contributed by atoms with Gasteiger partial charge in [0, 0.05) is 18.7 Å². The van der Waals surface area contributed by atoms with E-state index in [0.717, 1.165) is 16.9 Å². The molecule has 1 aromatic heterocycles. The number of H-pyrrole nitrogens is 1. The maximum absolute atomic E-state index is 12.6. The summed E-state index contributed by atoms with van der Waals surface area (Å²) in [4.78, 5) is 23.8. The van der Waals surface area contributed by atoms with E-state index in [9.17, 15) is 9.90 Å². The number of imidazole rings is 1. The number of fused-ring (bicyclic) bond motifs is 1. The lowest BCUT2D eigenvalue weighted by Gasteiger charge is -2.26. The van der Waals surface area contributed by atoms with Crippen LogP contribution in [0.4, 0.5) is 0 Å². The number of hydrogen-bond donors (Lipinski definition) is 2. The van der Waals surface area contributed by atoms with Gasteiger partial charge in [0.05, 0.1) is 23.2 Å². The normalized spacial score (nSPS) is 22.0. The number of nitrogens with one attached hydrogen (secondary N) is 1. The molecule has 1 aromatic carbocycles. The van der Waals surface area contributed by atoms with Gasteiger partial charge in [0.25, 0.3) is 5.91 Å². The first-order valence-corrected chi connectivity index (χ1v) is 7.49. The van der Waals surface area contributed by atoms with Gasteiger partial charge in [-0.2, -0.15) is 0 Å². The number of carbonyl (C=O) groups excluding carboxylic acids is 1. The van der Waals surface area contributed by atoms with E-state index in [4.69, 9.17) is 0 Å². The second-order valence-corrected chi connectivity index (χ2v) is 6.49. The van der Waals surface area contributed by atoms with E-state index in [1.54, 1.807) is 11.0 Å². The number of benzene rings is 1. The lowest BCUT2D eigenvalue weighted by Crippen LogP contribution is -2.43. The summed E-state index contributed by atoms with van der Waals surface area (Å²) in [7, 11) is 3.86. The van der Waals surface area contributed by atoms with Gasteiger partial charge in [-0.25, -0.2) is 4.98 Å². The summed E-state index contributed by atoms with van der Waals surface area (Å²) >= 11 is 0. The zero-order valence-corrected chi connectivity index (χ0v) is 13.3. The number of rotatable bonds is 3. The highest BCUT2D eigenvalue weighted by Gasteiger charge is 2.38. The molecule has 1 saturated heterocycles. The molecule has 0 saturated carbocycles. The number of nitrogens with zero attached hydrogens (tertiary/aromatic N) is 3. The molecule has 1 atom stereocenters. The molecule has 0 aliphatic carbocycles. The molecule has 1 fully saturated rings. The van der Waals surface area contributed by atoms with Crippen molar-refractivity contribution < 1.29 is 9.90 Å². The molecule has 1 aliphatic heterocycles. The van der Waals surface area contributed by atoms with E-state index in [0.29, 0.717) is 31.6 Å². The zero-order chi connectivity index (χ0) is 15.9. The summed E-state index contributed by atoms with van der Waals surface area (Å²) in [6.07, 6.45) is 0.613. The van der Waals surface area contributed by atoms with Crippen LogP contribution in [0.5, 0.6) is 0 Å². The van der Waals surface area contributed by atoms with Crippen LogP contribution in [0, 0.1) is 6.92 Å². The van der Waals surface area contributed by atoms with Crippen LogP contribution in [0.25, 0.3) is 11.0 Å². The molecular formula is C16H22N4O2. The molecule has 1 aliphatic rings. The molecule has 118 valence electrons. The van der Waals surface area contributed by atoms with Crippen LogP contribution < -0.4 is 0 Å². The van der Waals surface area contributed by atoms with Gasteiger partial charge >= 0.3 is 0 Å². The Hall–Kier alpha value is -1.92. The van der Waals surface area contributed by atoms with Crippen LogP contribution in [0.3, 0.4) is 0 Å². The topological polar surface area (TPSA) is 72.5 Å². The largest absolute Gasteiger partial charge is 0.387 e. The molecule has 22 heavy (non-hydrogen) atoms. The Morgan fingerprint density at radius 1 is 1.50 bits per heavy atom. The number of aliphatic hydroxyl groups is 1. The van der Waals surface area contributed by atoms with Gasteiger partial charge in [-0.1, -0.05) is 0 Å². The van der Waals surface area contributed by atoms with E-state index >= 15 is 0 Å². The molecule has 2 N–H and O–H groups in total. The second kappa shape index (κ2) is 5.37. The number of likely N-dealkylation sites (N-methyl/N-ethyl adjacent to an activating group) is 1. The van der Waals surface area contributed by atoms with Crippen LogP contribution >= 0.6 is 0 Å². The fraction of sp³-hybridized carbons (Fsp3) is 0.500. The van der Waals surface area contributed by atoms with Crippen molar-refractivity contribution in [1.29, 1.82) is 0 Å². The molecule has 0 radical (unpaired) electrons. The minimum absolute atomic E-state index is 0.0381. The summed E-state index contributed by atoms with van der Waals surface area (Å²) < 4.78 is 0. The Labute approximate surface area is 129 Å². The zero-order valence-electron chi connectivity index (χ0n) is 13.3. The van der Waals surface area contributed by atoms with Crippen LogP contribution in [0.2, 0.25) is 0 Å². The summed E-state index contributed by atoms with van der Waals surface area (Å²) in [6, 6.07) is 5.49. The molecule has 2 heterocycles. The first-order chi connectivity index (χ1) is 10.4. The summed E-state index contributed by atoms with van der Waals surface area (Å²) in [5.41, 5.74) is 1.55. The van der Waals surface area contributed by atoms with Crippen molar-refractivity contribution in [3.8, 4) is 0 Å². The first kappa shape index (κ1) is 15.0. The molecule has 2 aromatic rings. The molecule has 0 bridgehead atoms. The predicted molar refractivity (Wildman–Crippen MR) is 84.9 cm³/mol. The van der Waals surface area contributed by atoms with Gasteiger partial charge in [-0.05, 0) is 45.6 Å². The lowest BCUT2D eigenvalue weighted by atomic mass is 10.0. The van der Waals surface area contributed by atoms with Gasteiger partial charge in [0.15, 0.2) is 0 Å². The van der Waals surface area contributed by atoms with Crippen molar-refractivity contribution in [1.82, 2.24) is 19.8 Å². The Bertz CT molecular complexity index is 709. The molecule has 1 unspecified atom stereocenters. The number of carbonyl (C=O) groups is 1. The van der Waals surface area contributed by atoms with Crippen LogP contribution in [-0.4, -0.2) is 70.1 Å². The Balaban J connectivity index is 1.78. The van der Waals surface area contributed by atoms with Gasteiger partial charge in [0.2, 0.25) is 0 Å². The predicted octanol–water partition coefficient (Wildman–Crippen LogP) is 1.01. The van der Waals surface area contributed by atoms with Crippen LogP contribution in [0.1, 0.15) is 22.6 Å². The van der Waals surface area contributed by atoms with E-state index in [-0.39, 0.29) is 5.91 Å². The third-order valence-corrected chi connectivity index (χ3v) is 4.08. The number of likely N-dealkylation sites (tertiary alicyclic amines) is 1. The van der Waals surface area contributed by atoms with Crippen molar-refractivity contribution in [3.63, 3.8) is 0 Å². The van der Waals surface area contributed by atoms with Gasteiger partial charge in [0.1, 0.15) is 5.82 Å². The SMILES string of the molecule is Cc1nc2ccc(C(=O)N3CCC(O)(CN(C)C)C3)cc2[nH]1. The second-order valence-electron chi connectivity index (χ2n) is 6.49. The number of aryl methyl sites for hydroxylation is 1. The van der Waals surface area contributed by atoms with Crippen molar-refractivity contribution in [2.75, 3.05) is 33.7 Å². The van der Waals surface area contributed by atoms with Gasteiger partial charge < -0.3 is 19.9 Å². The van der Waals surface area contributed by atoms with Crippen molar-refractivity contribution >= 4 is 16.9 Å². The molecular weight excluding hydrogens is 280 g/mol. The maximum atomic E-state index is 12.6. The average molecular weight is 302 g/mol. The standard InChI is InChI=1S/C16H22N4O2/c1-11-17-13-5-4-12(8-14(13)18-11)15(21)20-7-6-16(22,10-20)9-19(2)3/h4-5,8,22H,6-7,9-10H2,1-3H3,(H,17,18). The number of β-amino-alcohol motifs (C(OH)–C–C–N with tert-alkyl or cyclic N) is 1. The Morgan fingerprint density at radius 2 is 2.27 bits per heavy atom. The number of amides is 1. The highest BCUT2D eigenvalue weighted by atomic mass is 16.3. The van der Waals surface area contributed by atoms with E-state index in [1.165, 1.54) is 0 Å². The van der Waals surface area contributed by atoms with E-state index in [1.807, 2.05) is 38.1 Å². The number of hydrogen-bond acceptors (Lipinski definition) is 4. The summed E-state index contributed by atoms with van der Waals surface area (Å²) in [5, 5.41) is 10.6. The van der Waals surface area contributed by atoms with E-state index < -0.39 is 5.60 Å². The fourth-order valence-corrected chi connectivity index (χ4v) is 3.20. The van der Waals surface area contributed by atoms with Crippen LogP contribution in [-0.2, 0) is 0 Å². The highest BCUT2D eigenvalue weighted by molar-refractivity contribution is 5.97. The number of aromatic nitrogens is 2. The lowest BCUT2D eigenvalue weighted by molar-refractivity contribution is 0.0236. The molecule has 6 nitrogen and oxygen atoms in total. The van der Waals surface area contributed by atoms with Crippen molar-refractivity contribution in [3.05, 3.63) is 29.6 Å². The van der Waals surface area contributed by atoms with Gasteiger partial charge in [-0.15, -0.1) is 0 Å².